The SMILES string of the molecule is CCOc1ccc(C(=O)Oc2ccc(/C=N/NC(=O)c3cccc4ccccc34)cc2)cc1. The summed E-state index contributed by atoms with van der Waals surface area (Å²) >= 11 is 0. The lowest BCUT2D eigenvalue weighted by atomic mass is 10.0. The van der Waals surface area contributed by atoms with Crippen molar-refractivity contribution in [1.29, 1.82) is 0 Å². The number of amides is 1. The maximum Gasteiger partial charge on any atom is 0.343 e. The summed E-state index contributed by atoms with van der Waals surface area (Å²) in [6.07, 6.45) is 1.53. The summed E-state index contributed by atoms with van der Waals surface area (Å²) in [5, 5.41) is 5.90. The van der Waals surface area contributed by atoms with E-state index >= 15 is 0 Å². The number of carbonyl (C=O) groups excluding carboxylic acids is 2. The third kappa shape index (κ3) is 5.43. The van der Waals surface area contributed by atoms with Crippen molar-refractivity contribution in [3.8, 4) is 11.5 Å². The van der Waals surface area contributed by atoms with Crippen LogP contribution in [0.15, 0.2) is 96.1 Å². The van der Waals surface area contributed by atoms with Crippen molar-refractivity contribution >= 4 is 28.9 Å². The number of benzene rings is 4. The van der Waals surface area contributed by atoms with Gasteiger partial charge in [-0.3, -0.25) is 4.79 Å². The van der Waals surface area contributed by atoms with Crippen LogP contribution in [0.4, 0.5) is 0 Å². The van der Waals surface area contributed by atoms with Crippen molar-refractivity contribution in [2.45, 2.75) is 6.92 Å². The zero-order valence-electron chi connectivity index (χ0n) is 18.0. The summed E-state index contributed by atoms with van der Waals surface area (Å²) in [6.45, 7) is 2.46. The second-order valence-electron chi connectivity index (χ2n) is 7.14. The molecule has 6 heteroatoms. The van der Waals surface area contributed by atoms with E-state index in [-0.39, 0.29) is 5.91 Å². The first-order valence-corrected chi connectivity index (χ1v) is 10.5. The van der Waals surface area contributed by atoms with Crippen molar-refractivity contribution < 1.29 is 19.1 Å². The number of esters is 1. The van der Waals surface area contributed by atoms with E-state index in [1.54, 1.807) is 54.6 Å². The number of carbonyl (C=O) groups is 2. The van der Waals surface area contributed by atoms with Crippen LogP contribution < -0.4 is 14.9 Å². The quantitative estimate of drug-likeness (QED) is 0.186. The molecule has 1 amide bonds. The Balaban J connectivity index is 1.35. The first-order chi connectivity index (χ1) is 16.1. The monoisotopic (exact) mass is 438 g/mol. The second kappa shape index (κ2) is 10.2. The van der Waals surface area contributed by atoms with Crippen molar-refractivity contribution in [3.63, 3.8) is 0 Å². The smallest absolute Gasteiger partial charge is 0.343 e. The Hall–Kier alpha value is -4.45. The van der Waals surface area contributed by atoms with Gasteiger partial charge in [-0.15, -0.1) is 0 Å². The fraction of sp³-hybridized carbons (Fsp3) is 0.0741. The number of rotatable bonds is 7. The summed E-state index contributed by atoms with van der Waals surface area (Å²) in [4.78, 5) is 24.8. The van der Waals surface area contributed by atoms with Crippen molar-refractivity contribution in [2.24, 2.45) is 5.10 Å². The van der Waals surface area contributed by atoms with Gasteiger partial charge in [0.2, 0.25) is 0 Å². The van der Waals surface area contributed by atoms with Gasteiger partial charge in [0.05, 0.1) is 18.4 Å². The third-order valence-corrected chi connectivity index (χ3v) is 4.91. The molecular formula is C27H22N2O4. The van der Waals surface area contributed by atoms with Crippen LogP contribution >= 0.6 is 0 Å². The van der Waals surface area contributed by atoms with E-state index in [4.69, 9.17) is 9.47 Å². The fourth-order valence-electron chi connectivity index (χ4n) is 3.29. The summed E-state index contributed by atoms with van der Waals surface area (Å²) in [5.41, 5.74) is 4.29. The molecule has 4 aromatic rings. The van der Waals surface area contributed by atoms with Crippen LogP contribution in [0.2, 0.25) is 0 Å². The van der Waals surface area contributed by atoms with Gasteiger partial charge in [-0.25, -0.2) is 10.2 Å². The average molecular weight is 438 g/mol. The van der Waals surface area contributed by atoms with Gasteiger partial charge >= 0.3 is 5.97 Å². The van der Waals surface area contributed by atoms with Crippen LogP contribution in [-0.4, -0.2) is 24.7 Å². The molecule has 0 atom stereocenters. The first kappa shape index (κ1) is 21.8. The molecule has 6 nitrogen and oxygen atoms in total. The highest BCUT2D eigenvalue weighted by Gasteiger charge is 2.10. The topological polar surface area (TPSA) is 77.0 Å². The Morgan fingerprint density at radius 3 is 2.30 bits per heavy atom. The zero-order valence-corrected chi connectivity index (χ0v) is 18.0. The Bertz CT molecular complexity index is 1290. The Morgan fingerprint density at radius 1 is 0.848 bits per heavy atom. The molecule has 0 aliphatic carbocycles. The molecule has 0 saturated carbocycles. The molecule has 33 heavy (non-hydrogen) atoms. The normalized spacial score (nSPS) is 10.8. The lowest BCUT2D eigenvalue weighted by molar-refractivity contribution is 0.0734. The van der Waals surface area contributed by atoms with Crippen molar-refractivity contribution in [3.05, 3.63) is 108 Å². The maximum atomic E-state index is 12.5. The molecule has 164 valence electrons. The summed E-state index contributed by atoms with van der Waals surface area (Å²) in [5.74, 6) is 0.363. The van der Waals surface area contributed by atoms with Crippen molar-refractivity contribution in [1.82, 2.24) is 5.43 Å². The molecule has 0 spiro atoms. The average Bonchev–Trinajstić information content (AvgIpc) is 2.85. The third-order valence-electron chi connectivity index (χ3n) is 4.91. The standard InChI is InChI=1S/C27H22N2O4/c1-2-32-22-16-12-21(13-17-22)27(31)33-23-14-10-19(11-15-23)18-28-29-26(30)25-9-5-7-20-6-3-4-8-24(20)25/h3-18H,2H2,1H3,(H,29,30)/b28-18+. The van der Waals surface area contributed by atoms with E-state index < -0.39 is 5.97 Å². The highest BCUT2D eigenvalue weighted by molar-refractivity contribution is 6.07. The van der Waals surface area contributed by atoms with E-state index in [2.05, 4.69) is 10.5 Å². The van der Waals surface area contributed by atoms with Crippen LogP contribution in [-0.2, 0) is 0 Å². The van der Waals surface area contributed by atoms with Gasteiger partial charge in [0.15, 0.2) is 0 Å². The first-order valence-electron chi connectivity index (χ1n) is 10.5. The van der Waals surface area contributed by atoms with Crippen LogP contribution in [0.25, 0.3) is 10.8 Å². The van der Waals surface area contributed by atoms with E-state index in [0.717, 1.165) is 16.3 Å². The fourth-order valence-corrected chi connectivity index (χ4v) is 3.29. The predicted molar refractivity (Wildman–Crippen MR) is 128 cm³/mol. The number of nitrogens with one attached hydrogen (secondary N) is 1. The Labute approximate surface area is 191 Å². The highest BCUT2D eigenvalue weighted by atomic mass is 16.5. The molecule has 1 N–H and O–H groups in total. The number of fused-ring (bicyclic) bond motifs is 1. The van der Waals surface area contributed by atoms with E-state index in [0.29, 0.717) is 29.2 Å². The molecule has 0 radical (unpaired) electrons. The molecule has 4 aromatic carbocycles. The Kier molecular flexibility index (Phi) is 6.75. The van der Waals surface area contributed by atoms with E-state index in [1.807, 2.05) is 43.3 Å². The molecule has 0 heterocycles. The van der Waals surface area contributed by atoms with Crippen LogP contribution in [0.1, 0.15) is 33.2 Å². The predicted octanol–water partition coefficient (Wildman–Crippen LogP) is 5.22. The lowest BCUT2D eigenvalue weighted by Gasteiger charge is -2.06. The van der Waals surface area contributed by atoms with E-state index in [1.165, 1.54) is 6.21 Å². The number of hydrogen-bond donors (Lipinski definition) is 1. The molecule has 0 aliphatic heterocycles. The molecule has 0 aromatic heterocycles. The minimum Gasteiger partial charge on any atom is -0.494 e. The molecule has 0 aliphatic rings. The van der Waals surface area contributed by atoms with E-state index in [9.17, 15) is 9.59 Å². The molecule has 0 fully saturated rings. The molecule has 0 saturated heterocycles. The van der Waals surface area contributed by atoms with Gasteiger partial charge in [-0.2, -0.15) is 5.10 Å². The number of hydrazone groups is 1. The van der Waals surface area contributed by atoms with Crippen LogP contribution in [0.3, 0.4) is 0 Å². The minimum atomic E-state index is -0.457. The number of hydrogen-bond acceptors (Lipinski definition) is 5. The summed E-state index contributed by atoms with van der Waals surface area (Å²) < 4.78 is 10.8. The minimum absolute atomic E-state index is 0.288. The highest BCUT2D eigenvalue weighted by Crippen LogP contribution is 2.19. The van der Waals surface area contributed by atoms with Gasteiger partial charge in [0, 0.05) is 5.56 Å². The number of nitrogens with zero attached hydrogens (tertiary/aromatic N) is 1. The van der Waals surface area contributed by atoms with Crippen LogP contribution in [0, 0.1) is 0 Å². The van der Waals surface area contributed by atoms with Gasteiger partial charge in [-0.05, 0) is 77.9 Å². The van der Waals surface area contributed by atoms with Gasteiger partial charge < -0.3 is 9.47 Å². The Morgan fingerprint density at radius 2 is 1.55 bits per heavy atom. The molecule has 0 unspecified atom stereocenters. The molecular weight excluding hydrogens is 416 g/mol. The largest absolute Gasteiger partial charge is 0.494 e. The van der Waals surface area contributed by atoms with Gasteiger partial charge in [-0.1, -0.05) is 36.4 Å². The van der Waals surface area contributed by atoms with Crippen molar-refractivity contribution in [2.75, 3.05) is 6.61 Å². The maximum absolute atomic E-state index is 12.5. The summed E-state index contributed by atoms with van der Waals surface area (Å²) in [6, 6.07) is 26.9. The molecule has 0 bridgehead atoms. The van der Waals surface area contributed by atoms with Gasteiger partial charge in [0.25, 0.3) is 5.91 Å². The van der Waals surface area contributed by atoms with Crippen LogP contribution in [0.5, 0.6) is 11.5 Å². The second-order valence-corrected chi connectivity index (χ2v) is 7.14. The number of ether oxygens (including phenoxy) is 2. The van der Waals surface area contributed by atoms with Gasteiger partial charge in [0.1, 0.15) is 11.5 Å². The lowest BCUT2D eigenvalue weighted by Crippen LogP contribution is -2.17. The zero-order chi connectivity index (χ0) is 23.0. The molecule has 4 rings (SSSR count). The summed E-state index contributed by atoms with van der Waals surface area (Å²) in [7, 11) is 0.